The van der Waals surface area contributed by atoms with E-state index in [9.17, 15) is 0 Å². The number of anilines is 1. The molecule has 3 aromatic rings. The van der Waals surface area contributed by atoms with Gasteiger partial charge < -0.3 is 9.73 Å². The average molecular weight is 332 g/mol. The number of aromatic nitrogens is 4. The zero-order valence-corrected chi connectivity index (χ0v) is 13.8. The Morgan fingerprint density at radius 1 is 1.26 bits per heavy atom. The third-order valence-electron chi connectivity index (χ3n) is 3.49. The highest BCUT2D eigenvalue weighted by atomic mass is 35.5. The molecule has 0 aliphatic heterocycles. The van der Waals surface area contributed by atoms with Crippen molar-refractivity contribution in [1.82, 2.24) is 20.2 Å². The van der Waals surface area contributed by atoms with Gasteiger partial charge in [-0.05, 0) is 42.3 Å². The summed E-state index contributed by atoms with van der Waals surface area (Å²) in [5.74, 6) is 2.09. The van der Waals surface area contributed by atoms with E-state index < -0.39 is 0 Å². The van der Waals surface area contributed by atoms with E-state index in [-0.39, 0.29) is 0 Å². The number of nitrogens with one attached hydrogen (secondary N) is 1. The van der Waals surface area contributed by atoms with Crippen LogP contribution in [0.15, 0.2) is 34.7 Å². The van der Waals surface area contributed by atoms with E-state index in [0.717, 1.165) is 40.6 Å². The van der Waals surface area contributed by atoms with Gasteiger partial charge in [0.25, 0.3) is 5.95 Å². The van der Waals surface area contributed by atoms with Gasteiger partial charge in [0, 0.05) is 10.6 Å². The first-order chi connectivity index (χ1) is 11.2. The molecule has 0 amide bonds. The van der Waals surface area contributed by atoms with E-state index in [1.165, 1.54) is 0 Å². The molecule has 0 aliphatic rings. The number of hydrogen-bond acceptors (Lipinski definition) is 5. The molecule has 0 fully saturated rings. The first-order valence-corrected chi connectivity index (χ1v) is 7.91. The zero-order chi connectivity index (χ0) is 16.2. The Morgan fingerprint density at radius 2 is 2.13 bits per heavy atom. The van der Waals surface area contributed by atoms with Crippen LogP contribution < -0.4 is 5.32 Å². The lowest BCUT2D eigenvalue weighted by atomic mass is 10.1. The zero-order valence-electron chi connectivity index (χ0n) is 13.1. The van der Waals surface area contributed by atoms with E-state index in [4.69, 9.17) is 16.0 Å². The minimum Gasteiger partial charge on any atom is -0.459 e. The maximum atomic E-state index is 6.16. The van der Waals surface area contributed by atoms with Gasteiger partial charge in [-0.25, -0.2) is 0 Å². The molecule has 0 radical (unpaired) electrons. The minimum atomic E-state index is 0.496. The fourth-order valence-electron chi connectivity index (χ4n) is 2.27. The minimum absolute atomic E-state index is 0.496. The van der Waals surface area contributed by atoms with Crippen LogP contribution in [0, 0.1) is 6.92 Å². The largest absolute Gasteiger partial charge is 0.459 e. The number of tetrazole rings is 1. The fourth-order valence-corrected chi connectivity index (χ4v) is 2.44. The quantitative estimate of drug-likeness (QED) is 0.741. The lowest BCUT2D eigenvalue weighted by molar-refractivity contribution is 0.514. The summed E-state index contributed by atoms with van der Waals surface area (Å²) in [6, 6.07) is 9.66. The van der Waals surface area contributed by atoms with Crippen molar-refractivity contribution in [2.75, 3.05) is 5.32 Å². The van der Waals surface area contributed by atoms with Crippen LogP contribution in [-0.2, 0) is 13.1 Å². The van der Waals surface area contributed by atoms with Crippen LogP contribution in [0.1, 0.15) is 24.7 Å². The van der Waals surface area contributed by atoms with Gasteiger partial charge in [-0.2, -0.15) is 4.80 Å². The maximum Gasteiger partial charge on any atom is 0.263 e. The number of furan rings is 1. The molecule has 0 bridgehead atoms. The van der Waals surface area contributed by atoms with Crippen LogP contribution >= 0.6 is 11.6 Å². The van der Waals surface area contributed by atoms with Gasteiger partial charge in [-0.15, -0.1) is 5.10 Å². The predicted octanol–water partition coefficient (Wildman–Crippen LogP) is 3.92. The molecule has 1 aromatic carbocycles. The first-order valence-electron chi connectivity index (χ1n) is 7.53. The number of aryl methyl sites for hydroxylation is 1. The van der Waals surface area contributed by atoms with Crippen LogP contribution in [0.5, 0.6) is 0 Å². The van der Waals surface area contributed by atoms with Crippen LogP contribution in [0.4, 0.5) is 5.95 Å². The second kappa shape index (κ2) is 6.83. The Hall–Kier alpha value is -2.34. The number of hydrogen-bond donors (Lipinski definition) is 1. The normalized spacial score (nSPS) is 10.9. The standard InChI is InChI=1S/C16H18ClN5O/c1-3-9-22-20-16(19-21-22)18-10-12-7-8-15(23-12)13-5-4-6-14(17)11(13)2/h4-8H,3,9-10H2,1-2H3,(H,18,20). The number of halogens is 1. The van der Waals surface area contributed by atoms with Crippen LogP contribution in [0.25, 0.3) is 11.3 Å². The van der Waals surface area contributed by atoms with Crippen molar-refractivity contribution in [3.63, 3.8) is 0 Å². The highest BCUT2D eigenvalue weighted by Crippen LogP contribution is 2.29. The highest BCUT2D eigenvalue weighted by molar-refractivity contribution is 6.31. The lowest BCUT2D eigenvalue weighted by Crippen LogP contribution is -2.03. The van der Waals surface area contributed by atoms with Gasteiger partial charge in [-0.1, -0.05) is 35.8 Å². The van der Waals surface area contributed by atoms with Gasteiger partial charge in [0.05, 0.1) is 13.1 Å². The molecule has 0 unspecified atom stereocenters. The van der Waals surface area contributed by atoms with Crippen LogP contribution in [0.2, 0.25) is 5.02 Å². The second-order valence-corrected chi connectivity index (χ2v) is 5.65. The number of benzene rings is 1. The first kappa shape index (κ1) is 15.6. The number of nitrogens with zero attached hydrogens (tertiary/aromatic N) is 4. The molecular weight excluding hydrogens is 314 g/mol. The van der Waals surface area contributed by atoms with Crippen molar-refractivity contribution in [1.29, 1.82) is 0 Å². The van der Waals surface area contributed by atoms with E-state index in [1.54, 1.807) is 4.80 Å². The smallest absolute Gasteiger partial charge is 0.263 e. The maximum absolute atomic E-state index is 6.16. The van der Waals surface area contributed by atoms with Crippen LogP contribution in [0.3, 0.4) is 0 Å². The molecule has 1 N–H and O–H groups in total. The molecule has 6 nitrogen and oxygen atoms in total. The number of rotatable bonds is 6. The summed E-state index contributed by atoms with van der Waals surface area (Å²) in [6.07, 6.45) is 0.969. The highest BCUT2D eigenvalue weighted by Gasteiger charge is 2.10. The Bertz CT molecular complexity index is 795. The van der Waals surface area contributed by atoms with Crippen molar-refractivity contribution in [3.05, 3.63) is 46.7 Å². The summed E-state index contributed by atoms with van der Waals surface area (Å²) in [7, 11) is 0. The van der Waals surface area contributed by atoms with Gasteiger partial charge in [0.15, 0.2) is 0 Å². The molecule has 120 valence electrons. The molecule has 0 saturated heterocycles. The summed E-state index contributed by atoms with van der Waals surface area (Å²) in [5, 5.41) is 16.0. The predicted molar refractivity (Wildman–Crippen MR) is 89.3 cm³/mol. The Balaban J connectivity index is 1.68. The van der Waals surface area contributed by atoms with E-state index >= 15 is 0 Å². The van der Waals surface area contributed by atoms with Crippen molar-refractivity contribution in [2.45, 2.75) is 33.4 Å². The monoisotopic (exact) mass is 331 g/mol. The third-order valence-corrected chi connectivity index (χ3v) is 3.90. The van der Waals surface area contributed by atoms with E-state index in [0.29, 0.717) is 12.5 Å². The molecule has 0 saturated carbocycles. The van der Waals surface area contributed by atoms with E-state index in [2.05, 4.69) is 27.7 Å². The van der Waals surface area contributed by atoms with Crippen molar-refractivity contribution in [2.24, 2.45) is 0 Å². The van der Waals surface area contributed by atoms with Gasteiger partial charge in [0.1, 0.15) is 11.5 Å². The molecule has 2 aromatic heterocycles. The molecule has 0 spiro atoms. The van der Waals surface area contributed by atoms with Crippen molar-refractivity contribution in [3.8, 4) is 11.3 Å². The molecule has 7 heteroatoms. The molecule has 3 rings (SSSR count). The summed E-state index contributed by atoms with van der Waals surface area (Å²) < 4.78 is 5.88. The van der Waals surface area contributed by atoms with Gasteiger partial charge in [0.2, 0.25) is 0 Å². The third kappa shape index (κ3) is 3.53. The molecule has 0 atom stereocenters. The van der Waals surface area contributed by atoms with Crippen molar-refractivity contribution >= 4 is 17.5 Å². The van der Waals surface area contributed by atoms with Gasteiger partial charge in [-0.3, -0.25) is 0 Å². The second-order valence-electron chi connectivity index (χ2n) is 5.24. The summed E-state index contributed by atoms with van der Waals surface area (Å²) in [5.41, 5.74) is 2.00. The van der Waals surface area contributed by atoms with Crippen molar-refractivity contribution < 1.29 is 4.42 Å². The molecule has 23 heavy (non-hydrogen) atoms. The Labute approximate surface area is 139 Å². The lowest BCUT2D eigenvalue weighted by Gasteiger charge is -2.04. The summed E-state index contributed by atoms with van der Waals surface area (Å²) in [4.78, 5) is 1.57. The van der Waals surface area contributed by atoms with E-state index in [1.807, 2.05) is 37.3 Å². The summed E-state index contributed by atoms with van der Waals surface area (Å²) in [6.45, 7) is 5.30. The fraction of sp³-hybridized carbons (Fsp3) is 0.312. The molecule has 2 heterocycles. The Kier molecular flexibility index (Phi) is 4.62. The average Bonchev–Trinajstić information content (AvgIpc) is 3.18. The SMILES string of the molecule is CCCn1nnc(NCc2ccc(-c3cccc(Cl)c3C)o2)n1. The molecular formula is C16H18ClN5O. The topological polar surface area (TPSA) is 68.8 Å². The van der Waals surface area contributed by atoms with Gasteiger partial charge >= 0.3 is 0 Å². The van der Waals surface area contributed by atoms with Crippen LogP contribution in [-0.4, -0.2) is 20.2 Å². The molecule has 0 aliphatic carbocycles. The summed E-state index contributed by atoms with van der Waals surface area (Å²) >= 11 is 6.16. The Morgan fingerprint density at radius 3 is 2.96 bits per heavy atom.